The molecule has 3 rings (SSSR count). The molecule has 0 atom stereocenters. The Labute approximate surface area is 170 Å². The van der Waals surface area contributed by atoms with Crippen LogP contribution in [0.15, 0.2) is 48.5 Å². The molecular weight excluding hydrogens is 368 g/mol. The van der Waals surface area contributed by atoms with Gasteiger partial charge in [0.15, 0.2) is 12.4 Å². The summed E-state index contributed by atoms with van der Waals surface area (Å²) in [5, 5.41) is 9.83. The molecule has 3 aromatic rings. The third-order valence-corrected chi connectivity index (χ3v) is 4.39. The van der Waals surface area contributed by atoms with Crippen LogP contribution in [0, 0.1) is 0 Å². The molecule has 0 radical (unpaired) electrons. The fraction of sp³-hybridized carbons (Fsp3) is 0.318. The Hall–Kier alpha value is -3.35. The number of ether oxygens (including phenoxy) is 2. The summed E-state index contributed by atoms with van der Waals surface area (Å²) in [4.78, 5) is 16.6. The largest absolute Gasteiger partial charge is 0.497 e. The number of H-pyrrole nitrogens is 1. The van der Waals surface area contributed by atoms with E-state index in [2.05, 4.69) is 41.3 Å². The molecule has 1 heterocycles. The first kappa shape index (κ1) is 20.4. The second-order valence-corrected chi connectivity index (χ2v) is 7.65. The van der Waals surface area contributed by atoms with Gasteiger partial charge in [-0.1, -0.05) is 39.0 Å². The molecule has 2 aromatic carbocycles. The van der Waals surface area contributed by atoms with Crippen molar-refractivity contribution < 1.29 is 14.3 Å². The van der Waals surface area contributed by atoms with Crippen LogP contribution in [0.3, 0.4) is 0 Å². The Morgan fingerprint density at radius 1 is 1.10 bits per heavy atom. The van der Waals surface area contributed by atoms with Crippen molar-refractivity contribution in [1.29, 1.82) is 0 Å². The molecule has 7 heteroatoms. The highest BCUT2D eigenvalue weighted by molar-refractivity contribution is 5.77. The van der Waals surface area contributed by atoms with E-state index in [0.29, 0.717) is 11.6 Å². The summed E-state index contributed by atoms with van der Waals surface area (Å²) >= 11 is 0. The molecule has 0 spiro atoms. The number of nitrogens with one attached hydrogen (secondary N) is 2. The lowest BCUT2D eigenvalue weighted by Crippen LogP contribution is -2.29. The van der Waals surface area contributed by atoms with Gasteiger partial charge in [0.1, 0.15) is 17.3 Å². The van der Waals surface area contributed by atoms with Crippen LogP contribution in [0.2, 0.25) is 0 Å². The molecule has 1 aromatic heterocycles. The minimum absolute atomic E-state index is 0.0629. The van der Waals surface area contributed by atoms with E-state index in [4.69, 9.17) is 9.47 Å². The second kappa shape index (κ2) is 8.77. The maximum absolute atomic E-state index is 12.2. The number of hydrogen-bond donors (Lipinski definition) is 2. The summed E-state index contributed by atoms with van der Waals surface area (Å²) in [5.74, 6) is 2.39. The Bertz CT molecular complexity index is 959. The van der Waals surface area contributed by atoms with Crippen molar-refractivity contribution in [2.24, 2.45) is 0 Å². The molecule has 0 saturated carbocycles. The molecule has 0 fully saturated rings. The number of carbonyl (C=O) groups is 1. The summed E-state index contributed by atoms with van der Waals surface area (Å²) < 4.78 is 10.9. The fourth-order valence-electron chi connectivity index (χ4n) is 2.83. The first-order valence-corrected chi connectivity index (χ1v) is 9.41. The summed E-state index contributed by atoms with van der Waals surface area (Å²) in [6.45, 7) is 6.51. The number of nitrogens with zero attached hydrogens (tertiary/aromatic N) is 2. The molecule has 7 nitrogen and oxygen atoms in total. The van der Waals surface area contributed by atoms with Crippen LogP contribution >= 0.6 is 0 Å². The third-order valence-electron chi connectivity index (χ3n) is 4.39. The van der Waals surface area contributed by atoms with E-state index in [0.717, 1.165) is 22.6 Å². The number of para-hydroxylation sites is 1. The lowest BCUT2D eigenvalue weighted by atomic mass is 9.86. The summed E-state index contributed by atoms with van der Waals surface area (Å²) in [6.07, 6.45) is 0. The van der Waals surface area contributed by atoms with Crippen LogP contribution in [0.1, 0.15) is 32.2 Å². The molecule has 152 valence electrons. The molecule has 0 bridgehead atoms. The molecular formula is C22H26N4O3. The van der Waals surface area contributed by atoms with Crippen molar-refractivity contribution in [3.63, 3.8) is 0 Å². The Morgan fingerprint density at radius 3 is 2.52 bits per heavy atom. The van der Waals surface area contributed by atoms with E-state index >= 15 is 0 Å². The van der Waals surface area contributed by atoms with Crippen LogP contribution in [0.25, 0.3) is 11.4 Å². The van der Waals surface area contributed by atoms with Gasteiger partial charge in [-0.15, -0.1) is 0 Å². The van der Waals surface area contributed by atoms with Crippen molar-refractivity contribution in [3.05, 3.63) is 59.9 Å². The average Bonchev–Trinajstić information content (AvgIpc) is 3.19. The van der Waals surface area contributed by atoms with Crippen molar-refractivity contribution in [3.8, 4) is 22.9 Å². The zero-order chi connectivity index (χ0) is 20.9. The number of rotatable bonds is 7. The van der Waals surface area contributed by atoms with E-state index < -0.39 is 0 Å². The van der Waals surface area contributed by atoms with E-state index in [9.17, 15) is 4.79 Å². The van der Waals surface area contributed by atoms with Crippen molar-refractivity contribution in [2.45, 2.75) is 32.7 Å². The number of benzene rings is 2. The number of carbonyl (C=O) groups excluding carboxylic acids is 1. The van der Waals surface area contributed by atoms with Gasteiger partial charge in [-0.2, -0.15) is 5.10 Å². The molecule has 0 aliphatic rings. The predicted molar refractivity (Wildman–Crippen MR) is 111 cm³/mol. The number of aromatic amines is 1. The van der Waals surface area contributed by atoms with Gasteiger partial charge in [-0.25, -0.2) is 4.98 Å². The van der Waals surface area contributed by atoms with Crippen LogP contribution in [-0.2, 0) is 16.8 Å². The van der Waals surface area contributed by atoms with Crippen molar-refractivity contribution >= 4 is 5.91 Å². The van der Waals surface area contributed by atoms with Gasteiger partial charge in [0.05, 0.1) is 13.7 Å². The molecule has 1 amide bonds. The third kappa shape index (κ3) is 5.34. The molecule has 0 aliphatic carbocycles. The van der Waals surface area contributed by atoms with Crippen LogP contribution in [0.5, 0.6) is 11.5 Å². The molecule has 2 N–H and O–H groups in total. The normalized spacial score (nSPS) is 11.2. The van der Waals surface area contributed by atoms with E-state index in [1.165, 1.54) is 0 Å². The topological polar surface area (TPSA) is 89.1 Å². The van der Waals surface area contributed by atoms with E-state index in [1.807, 2.05) is 48.5 Å². The number of amides is 1. The highest BCUT2D eigenvalue weighted by Gasteiger charge is 2.19. The molecule has 0 unspecified atom stereocenters. The van der Waals surface area contributed by atoms with E-state index in [1.54, 1.807) is 7.11 Å². The van der Waals surface area contributed by atoms with Gasteiger partial charge in [0, 0.05) is 5.56 Å². The van der Waals surface area contributed by atoms with Crippen LogP contribution < -0.4 is 14.8 Å². The summed E-state index contributed by atoms with van der Waals surface area (Å²) in [6, 6.07) is 15.2. The molecule has 0 aliphatic heterocycles. The van der Waals surface area contributed by atoms with Crippen molar-refractivity contribution in [2.75, 3.05) is 13.7 Å². The quantitative estimate of drug-likeness (QED) is 0.640. The number of hydrogen-bond acceptors (Lipinski definition) is 5. The lowest BCUT2D eigenvalue weighted by molar-refractivity contribution is -0.123. The molecule has 29 heavy (non-hydrogen) atoms. The summed E-state index contributed by atoms with van der Waals surface area (Å²) in [7, 11) is 1.62. The Balaban J connectivity index is 1.53. The smallest absolute Gasteiger partial charge is 0.258 e. The maximum Gasteiger partial charge on any atom is 0.258 e. The molecule has 0 saturated heterocycles. The Morgan fingerprint density at radius 2 is 1.83 bits per heavy atom. The predicted octanol–water partition coefficient (Wildman–Crippen LogP) is 3.47. The first-order chi connectivity index (χ1) is 13.9. The van der Waals surface area contributed by atoms with Crippen LogP contribution in [-0.4, -0.2) is 34.8 Å². The standard InChI is InChI=1S/C22H26N4O3/c1-22(2,3)17-7-5-6-8-18(17)29-14-20(27)23-13-19-24-21(26-25-19)15-9-11-16(28-4)12-10-15/h5-12H,13-14H2,1-4H3,(H,23,27)(H,24,25,26). The van der Waals surface area contributed by atoms with Gasteiger partial charge in [0.2, 0.25) is 0 Å². The van der Waals surface area contributed by atoms with Gasteiger partial charge >= 0.3 is 0 Å². The summed E-state index contributed by atoms with van der Waals surface area (Å²) in [5.41, 5.74) is 1.86. The second-order valence-electron chi connectivity index (χ2n) is 7.65. The van der Waals surface area contributed by atoms with Crippen LogP contribution in [0.4, 0.5) is 0 Å². The van der Waals surface area contributed by atoms with Gasteiger partial charge in [-0.3, -0.25) is 9.89 Å². The lowest BCUT2D eigenvalue weighted by Gasteiger charge is -2.22. The average molecular weight is 394 g/mol. The zero-order valence-corrected chi connectivity index (χ0v) is 17.2. The monoisotopic (exact) mass is 394 g/mol. The first-order valence-electron chi connectivity index (χ1n) is 9.41. The fourth-order valence-corrected chi connectivity index (χ4v) is 2.83. The zero-order valence-electron chi connectivity index (χ0n) is 17.2. The Kier molecular flexibility index (Phi) is 6.16. The van der Waals surface area contributed by atoms with Crippen molar-refractivity contribution in [1.82, 2.24) is 20.5 Å². The van der Waals surface area contributed by atoms with Gasteiger partial charge in [0.25, 0.3) is 5.91 Å². The van der Waals surface area contributed by atoms with Gasteiger partial charge in [-0.05, 0) is 41.3 Å². The minimum atomic E-state index is -0.226. The minimum Gasteiger partial charge on any atom is -0.497 e. The number of methoxy groups -OCH3 is 1. The SMILES string of the molecule is COc1ccc(-c2n[nH]c(CNC(=O)COc3ccccc3C(C)(C)C)n2)cc1. The highest BCUT2D eigenvalue weighted by atomic mass is 16.5. The van der Waals surface area contributed by atoms with Gasteiger partial charge < -0.3 is 14.8 Å². The van der Waals surface area contributed by atoms with E-state index in [-0.39, 0.29) is 24.5 Å². The maximum atomic E-state index is 12.2. The number of aromatic nitrogens is 3. The highest BCUT2D eigenvalue weighted by Crippen LogP contribution is 2.30.